The molecule has 136 valence electrons. The molecular weight excluding hydrogens is 334 g/mol. The van der Waals surface area contributed by atoms with Gasteiger partial charge in [0.05, 0.1) is 12.9 Å². The van der Waals surface area contributed by atoms with Crippen LogP contribution in [0.1, 0.15) is 18.4 Å². The first kappa shape index (κ1) is 17.7. The van der Waals surface area contributed by atoms with E-state index in [9.17, 15) is 14.4 Å². The molecule has 0 radical (unpaired) electrons. The van der Waals surface area contributed by atoms with Crippen LogP contribution in [0.2, 0.25) is 0 Å². The van der Waals surface area contributed by atoms with Crippen molar-refractivity contribution in [1.82, 2.24) is 25.1 Å². The molecule has 4 amide bonds. The van der Waals surface area contributed by atoms with Crippen molar-refractivity contribution in [3.05, 3.63) is 54.6 Å². The van der Waals surface area contributed by atoms with E-state index in [0.29, 0.717) is 13.1 Å². The zero-order chi connectivity index (χ0) is 18.4. The third-order valence-corrected chi connectivity index (χ3v) is 4.20. The van der Waals surface area contributed by atoms with Gasteiger partial charge in [-0.05, 0) is 12.0 Å². The Morgan fingerprint density at radius 3 is 2.77 bits per heavy atom. The number of carbonyl (C=O) groups excluding carboxylic acids is 3. The lowest BCUT2D eigenvalue weighted by Crippen LogP contribution is -2.33. The minimum Gasteiger partial charge on any atom is -0.354 e. The number of hydrogen-bond donors (Lipinski definition) is 2. The van der Waals surface area contributed by atoms with Crippen LogP contribution in [-0.4, -0.2) is 44.9 Å². The topological polar surface area (TPSA) is 96.3 Å². The number of urea groups is 1. The highest BCUT2D eigenvalue weighted by Crippen LogP contribution is 2.14. The molecule has 1 atom stereocenters. The van der Waals surface area contributed by atoms with Crippen molar-refractivity contribution in [1.29, 1.82) is 0 Å². The van der Waals surface area contributed by atoms with Crippen molar-refractivity contribution < 1.29 is 14.4 Å². The fourth-order valence-electron chi connectivity index (χ4n) is 2.80. The first-order chi connectivity index (χ1) is 12.6. The Balaban J connectivity index is 1.42. The summed E-state index contributed by atoms with van der Waals surface area (Å²) >= 11 is 0. The van der Waals surface area contributed by atoms with Crippen LogP contribution in [0.3, 0.4) is 0 Å². The van der Waals surface area contributed by atoms with E-state index in [4.69, 9.17) is 0 Å². The zero-order valence-corrected chi connectivity index (χ0v) is 14.3. The average molecular weight is 355 g/mol. The molecule has 2 aromatic rings. The van der Waals surface area contributed by atoms with Crippen molar-refractivity contribution in [3.8, 4) is 0 Å². The molecule has 1 saturated heterocycles. The molecule has 8 nitrogen and oxygen atoms in total. The summed E-state index contributed by atoms with van der Waals surface area (Å²) in [4.78, 5) is 41.5. The van der Waals surface area contributed by atoms with Gasteiger partial charge >= 0.3 is 6.03 Å². The molecule has 0 saturated carbocycles. The van der Waals surface area contributed by atoms with Gasteiger partial charge in [-0.25, -0.2) is 9.78 Å². The Morgan fingerprint density at radius 2 is 2.04 bits per heavy atom. The third kappa shape index (κ3) is 4.47. The molecule has 1 aliphatic heterocycles. The lowest BCUT2D eigenvalue weighted by Gasteiger charge is -2.13. The summed E-state index contributed by atoms with van der Waals surface area (Å²) in [7, 11) is 0. The predicted octanol–water partition coefficient (Wildman–Crippen LogP) is 0.900. The zero-order valence-electron chi connectivity index (χ0n) is 14.3. The molecule has 1 fully saturated rings. The number of imidazole rings is 1. The fraction of sp³-hybridized carbons (Fsp3) is 0.333. The summed E-state index contributed by atoms with van der Waals surface area (Å²) in [5.41, 5.74) is 0.883. The highest BCUT2D eigenvalue weighted by molar-refractivity contribution is 6.04. The van der Waals surface area contributed by atoms with E-state index in [1.165, 1.54) is 4.90 Å². The van der Waals surface area contributed by atoms with E-state index < -0.39 is 12.1 Å². The molecule has 1 unspecified atom stereocenters. The lowest BCUT2D eigenvalue weighted by atomic mass is 10.1. The van der Waals surface area contributed by atoms with Crippen molar-refractivity contribution in [2.24, 2.45) is 0 Å². The molecule has 1 aromatic carbocycles. The van der Waals surface area contributed by atoms with Gasteiger partial charge in [0.1, 0.15) is 6.04 Å². The molecule has 3 rings (SSSR count). The molecule has 26 heavy (non-hydrogen) atoms. The Labute approximate surface area is 151 Å². The Bertz CT molecular complexity index is 760. The van der Waals surface area contributed by atoms with Crippen LogP contribution in [0.15, 0.2) is 49.1 Å². The first-order valence-corrected chi connectivity index (χ1v) is 8.52. The standard InChI is InChI=1S/C18H21N5O3/c24-16(20-9-11-22-10-8-19-13-22)7-6-15-17(25)23(18(26)21-15)12-14-4-2-1-3-5-14/h1-5,8,10,13,15H,6-7,9,11-12H2,(H,20,24)(H,21,26). The van der Waals surface area contributed by atoms with Crippen LogP contribution < -0.4 is 10.6 Å². The predicted molar refractivity (Wildman–Crippen MR) is 93.8 cm³/mol. The Hall–Kier alpha value is -3.16. The summed E-state index contributed by atoms with van der Waals surface area (Å²) in [5, 5.41) is 5.45. The van der Waals surface area contributed by atoms with Gasteiger partial charge in [-0.1, -0.05) is 30.3 Å². The van der Waals surface area contributed by atoms with Gasteiger partial charge in [-0.3, -0.25) is 14.5 Å². The summed E-state index contributed by atoms with van der Waals surface area (Å²) in [5.74, 6) is -0.432. The van der Waals surface area contributed by atoms with Gasteiger partial charge < -0.3 is 15.2 Å². The largest absolute Gasteiger partial charge is 0.354 e. The maximum atomic E-state index is 12.4. The van der Waals surface area contributed by atoms with E-state index in [0.717, 1.165) is 5.56 Å². The number of aromatic nitrogens is 2. The quantitative estimate of drug-likeness (QED) is 0.688. The molecular formula is C18H21N5O3. The number of rotatable bonds is 8. The van der Waals surface area contributed by atoms with Crippen LogP contribution in [0, 0.1) is 0 Å². The van der Waals surface area contributed by atoms with E-state index in [1.54, 1.807) is 12.5 Å². The average Bonchev–Trinajstić information content (AvgIpc) is 3.25. The molecule has 2 heterocycles. The molecule has 0 aliphatic carbocycles. The number of nitrogens with one attached hydrogen (secondary N) is 2. The second-order valence-electron chi connectivity index (χ2n) is 6.10. The molecule has 8 heteroatoms. The third-order valence-electron chi connectivity index (χ3n) is 4.20. The van der Waals surface area contributed by atoms with Crippen LogP contribution in [-0.2, 0) is 22.7 Å². The van der Waals surface area contributed by atoms with Crippen LogP contribution in [0.4, 0.5) is 4.79 Å². The monoisotopic (exact) mass is 355 g/mol. The van der Waals surface area contributed by atoms with E-state index in [2.05, 4.69) is 15.6 Å². The molecule has 1 aromatic heterocycles. The minimum atomic E-state index is -0.648. The molecule has 2 N–H and O–H groups in total. The molecule has 0 bridgehead atoms. The summed E-state index contributed by atoms with van der Waals surface area (Å²) in [6.07, 6.45) is 5.64. The molecule has 1 aliphatic rings. The molecule has 0 spiro atoms. The van der Waals surface area contributed by atoms with Crippen molar-refractivity contribution in [2.45, 2.75) is 32.0 Å². The minimum absolute atomic E-state index is 0.145. The van der Waals surface area contributed by atoms with Crippen LogP contribution >= 0.6 is 0 Å². The van der Waals surface area contributed by atoms with Crippen molar-refractivity contribution in [3.63, 3.8) is 0 Å². The number of amides is 4. The number of nitrogens with zero attached hydrogens (tertiary/aromatic N) is 3. The maximum absolute atomic E-state index is 12.4. The number of benzene rings is 1. The van der Waals surface area contributed by atoms with Gasteiger partial charge in [0.2, 0.25) is 5.91 Å². The summed E-state index contributed by atoms with van der Waals surface area (Å²) in [6.45, 7) is 1.36. The van der Waals surface area contributed by atoms with Crippen LogP contribution in [0.5, 0.6) is 0 Å². The first-order valence-electron chi connectivity index (χ1n) is 8.52. The fourth-order valence-corrected chi connectivity index (χ4v) is 2.80. The van der Waals surface area contributed by atoms with Gasteiger partial charge in [0, 0.05) is 31.9 Å². The lowest BCUT2D eigenvalue weighted by molar-refractivity contribution is -0.128. The van der Waals surface area contributed by atoms with Gasteiger partial charge in [0.25, 0.3) is 5.91 Å². The highest BCUT2D eigenvalue weighted by atomic mass is 16.2. The summed E-state index contributed by atoms with van der Waals surface area (Å²) < 4.78 is 1.86. The van der Waals surface area contributed by atoms with Crippen molar-refractivity contribution >= 4 is 17.8 Å². The Morgan fingerprint density at radius 1 is 1.23 bits per heavy atom. The van der Waals surface area contributed by atoms with E-state index in [-0.39, 0.29) is 31.2 Å². The second kappa shape index (κ2) is 8.28. The normalized spacial score (nSPS) is 16.6. The van der Waals surface area contributed by atoms with Gasteiger partial charge in [0.15, 0.2) is 0 Å². The van der Waals surface area contributed by atoms with Crippen LogP contribution in [0.25, 0.3) is 0 Å². The van der Waals surface area contributed by atoms with Gasteiger partial charge in [-0.15, -0.1) is 0 Å². The smallest absolute Gasteiger partial charge is 0.325 e. The second-order valence-corrected chi connectivity index (χ2v) is 6.10. The van der Waals surface area contributed by atoms with E-state index in [1.807, 2.05) is 41.1 Å². The summed E-state index contributed by atoms with van der Waals surface area (Å²) in [6, 6.07) is 8.26. The number of carbonyl (C=O) groups is 3. The number of imide groups is 1. The Kier molecular flexibility index (Phi) is 5.62. The van der Waals surface area contributed by atoms with E-state index >= 15 is 0 Å². The van der Waals surface area contributed by atoms with Crippen molar-refractivity contribution in [2.75, 3.05) is 6.54 Å². The SMILES string of the molecule is O=C(CCC1NC(=O)N(Cc2ccccc2)C1=O)NCCn1ccnc1. The maximum Gasteiger partial charge on any atom is 0.325 e. The number of hydrogen-bond acceptors (Lipinski definition) is 4. The highest BCUT2D eigenvalue weighted by Gasteiger charge is 2.37. The van der Waals surface area contributed by atoms with Gasteiger partial charge in [-0.2, -0.15) is 0 Å².